The first-order valence-electron chi connectivity index (χ1n) is 6.29. The van der Waals surface area contributed by atoms with Crippen molar-refractivity contribution in [1.29, 1.82) is 0 Å². The fourth-order valence-corrected chi connectivity index (χ4v) is 3.20. The van der Waals surface area contributed by atoms with Gasteiger partial charge < -0.3 is 10.0 Å². The maximum atomic E-state index is 10.1. The van der Waals surface area contributed by atoms with E-state index >= 15 is 0 Å². The van der Waals surface area contributed by atoms with Gasteiger partial charge in [0.2, 0.25) is 0 Å². The lowest BCUT2D eigenvalue weighted by Gasteiger charge is -2.18. The average molecular weight is 340 g/mol. The van der Waals surface area contributed by atoms with Crippen molar-refractivity contribution in [2.75, 3.05) is 13.6 Å². The Bertz CT molecular complexity index is 500. The predicted octanol–water partition coefficient (Wildman–Crippen LogP) is 4.07. The van der Waals surface area contributed by atoms with Crippen LogP contribution in [0.5, 0.6) is 0 Å². The summed E-state index contributed by atoms with van der Waals surface area (Å²) in [5.41, 5.74) is 2.31. The summed E-state index contributed by atoms with van der Waals surface area (Å²) in [7, 11) is 2.09. The number of halogens is 1. The number of aliphatic hydroxyl groups excluding tert-OH is 1. The van der Waals surface area contributed by atoms with Crippen LogP contribution in [0.25, 0.3) is 0 Å². The third-order valence-electron chi connectivity index (χ3n) is 3.04. The van der Waals surface area contributed by atoms with Gasteiger partial charge in [-0.1, -0.05) is 30.3 Å². The van der Waals surface area contributed by atoms with Crippen LogP contribution in [0, 0.1) is 0 Å². The molecule has 4 heteroatoms. The van der Waals surface area contributed by atoms with Gasteiger partial charge in [0.05, 0.1) is 9.89 Å². The van der Waals surface area contributed by atoms with E-state index in [-0.39, 0.29) is 6.10 Å². The smallest absolute Gasteiger partial charge is 0.0802 e. The van der Waals surface area contributed by atoms with Crippen molar-refractivity contribution in [2.45, 2.75) is 19.1 Å². The Kier molecular flexibility index (Phi) is 5.58. The minimum atomic E-state index is -0.377. The highest BCUT2D eigenvalue weighted by Crippen LogP contribution is 2.22. The fraction of sp³-hybridized carbons (Fsp3) is 0.333. The van der Waals surface area contributed by atoms with Crippen LogP contribution >= 0.6 is 27.3 Å². The lowest BCUT2D eigenvalue weighted by molar-refractivity contribution is 0.147. The molecular weight excluding hydrogens is 322 g/mol. The fourth-order valence-electron chi connectivity index (χ4n) is 2.00. The first-order chi connectivity index (χ1) is 9.15. The zero-order valence-electron chi connectivity index (χ0n) is 10.9. The first kappa shape index (κ1) is 14.7. The van der Waals surface area contributed by atoms with Crippen LogP contribution in [0.2, 0.25) is 0 Å². The Morgan fingerprint density at radius 3 is 2.68 bits per heavy atom. The molecule has 2 nitrogen and oxygen atoms in total. The summed E-state index contributed by atoms with van der Waals surface area (Å²) in [6.07, 6.45) is 0.379. The third kappa shape index (κ3) is 4.73. The molecule has 0 aliphatic rings. The van der Waals surface area contributed by atoms with Gasteiger partial charge in [0, 0.05) is 13.1 Å². The molecule has 1 atom stereocenters. The molecule has 1 N–H and O–H groups in total. The average Bonchev–Trinajstić information content (AvgIpc) is 2.82. The van der Waals surface area contributed by atoms with Gasteiger partial charge in [-0.05, 0) is 52.0 Å². The van der Waals surface area contributed by atoms with Gasteiger partial charge >= 0.3 is 0 Å². The number of aliphatic hydroxyl groups is 1. The van der Waals surface area contributed by atoms with Gasteiger partial charge in [0.25, 0.3) is 0 Å². The molecule has 0 spiro atoms. The van der Waals surface area contributed by atoms with Gasteiger partial charge in [0.1, 0.15) is 0 Å². The monoisotopic (exact) mass is 339 g/mol. The Morgan fingerprint density at radius 2 is 2.05 bits per heavy atom. The van der Waals surface area contributed by atoms with Crippen LogP contribution in [0.1, 0.15) is 23.7 Å². The van der Waals surface area contributed by atoms with E-state index in [1.807, 2.05) is 30.3 Å². The molecule has 2 rings (SSSR count). The summed E-state index contributed by atoms with van der Waals surface area (Å²) < 4.78 is 1.17. The molecule has 19 heavy (non-hydrogen) atoms. The Balaban J connectivity index is 1.79. The van der Waals surface area contributed by atoms with E-state index in [1.54, 1.807) is 11.3 Å². The van der Waals surface area contributed by atoms with E-state index in [0.29, 0.717) is 0 Å². The summed E-state index contributed by atoms with van der Waals surface area (Å²) in [6, 6.07) is 12.0. The number of hydrogen-bond acceptors (Lipinski definition) is 3. The number of rotatable bonds is 6. The summed E-state index contributed by atoms with van der Waals surface area (Å²) in [4.78, 5) is 2.24. The van der Waals surface area contributed by atoms with Crippen LogP contribution < -0.4 is 0 Å². The molecule has 0 bridgehead atoms. The van der Waals surface area contributed by atoms with E-state index in [1.165, 1.54) is 9.35 Å². The lowest BCUT2D eigenvalue weighted by atomic mass is 10.1. The van der Waals surface area contributed by atoms with Crippen molar-refractivity contribution in [2.24, 2.45) is 0 Å². The SMILES string of the molecule is CN(CCC(O)c1ccccc1)Cc1csc(Br)c1. The summed E-state index contributed by atoms with van der Waals surface area (Å²) in [5, 5.41) is 12.3. The molecule has 102 valence electrons. The van der Waals surface area contributed by atoms with Crippen molar-refractivity contribution < 1.29 is 5.11 Å². The normalized spacial score (nSPS) is 12.8. The minimum Gasteiger partial charge on any atom is -0.388 e. The van der Waals surface area contributed by atoms with Crippen molar-refractivity contribution in [3.05, 3.63) is 56.7 Å². The Morgan fingerprint density at radius 1 is 1.32 bits per heavy atom. The van der Waals surface area contributed by atoms with Crippen molar-refractivity contribution >= 4 is 27.3 Å². The topological polar surface area (TPSA) is 23.5 Å². The molecule has 1 unspecified atom stereocenters. The van der Waals surface area contributed by atoms with Crippen LogP contribution in [0.15, 0.2) is 45.6 Å². The highest BCUT2D eigenvalue weighted by Gasteiger charge is 2.09. The Labute approximate surface area is 126 Å². The molecule has 0 fully saturated rings. The van der Waals surface area contributed by atoms with Gasteiger partial charge in [-0.15, -0.1) is 11.3 Å². The number of hydrogen-bond donors (Lipinski definition) is 1. The highest BCUT2D eigenvalue weighted by atomic mass is 79.9. The largest absolute Gasteiger partial charge is 0.388 e. The van der Waals surface area contributed by atoms with Crippen molar-refractivity contribution in [1.82, 2.24) is 4.90 Å². The van der Waals surface area contributed by atoms with E-state index in [4.69, 9.17) is 0 Å². The summed E-state index contributed by atoms with van der Waals surface area (Å²) in [5.74, 6) is 0. The lowest BCUT2D eigenvalue weighted by Crippen LogP contribution is -2.20. The van der Waals surface area contributed by atoms with Gasteiger partial charge in [0.15, 0.2) is 0 Å². The molecular formula is C15H18BrNOS. The zero-order chi connectivity index (χ0) is 13.7. The molecule has 0 aliphatic heterocycles. The van der Waals surface area contributed by atoms with E-state index in [9.17, 15) is 5.11 Å². The minimum absolute atomic E-state index is 0.377. The summed E-state index contributed by atoms with van der Waals surface area (Å²) in [6.45, 7) is 1.80. The number of benzene rings is 1. The third-order valence-corrected chi connectivity index (χ3v) is 4.60. The van der Waals surface area contributed by atoms with Crippen molar-refractivity contribution in [3.63, 3.8) is 0 Å². The molecule has 2 aromatic rings. The molecule has 1 aromatic heterocycles. The van der Waals surface area contributed by atoms with Gasteiger partial charge in [-0.2, -0.15) is 0 Å². The van der Waals surface area contributed by atoms with Crippen LogP contribution in [-0.4, -0.2) is 23.6 Å². The van der Waals surface area contributed by atoms with E-state index in [0.717, 1.165) is 25.1 Å². The summed E-state index contributed by atoms with van der Waals surface area (Å²) >= 11 is 5.18. The molecule has 0 aliphatic carbocycles. The molecule has 0 saturated carbocycles. The van der Waals surface area contributed by atoms with Crippen molar-refractivity contribution in [3.8, 4) is 0 Å². The first-order valence-corrected chi connectivity index (χ1v) is 7.97. The number of nitrogens with zero attached hydrogens (tertiary/aromatic N) is 1. The second-order valence-corrected chi connectivity index (χ2v) is 7.00. The molecule has 0 saturated heterocycles. The van der Waals surface area contributed by atoms with Crippen LogP contribution in [0.3, 0.4) is 0 Å². The molecule has 0 radical (unpaired) electrons. The maximum Gasteiger partial charge on any atom is 0.0802 e. The standard InChI is InChI=1S/C15H18BrNOS/c1-17(10-12-9-15(16)19-11-12)8-7-14(18)13-5-3-2-4-6-13/h2-6,9,11,14,18H,7-8,10H2,1H3. The van der Waals surface area contributed by atoms with Crippen LogP contribution in [-0.2, 0) is 6.54 Å². The van der Waals surface area contributed by atoms with Gasteiger partial charge in [-0.25, -0.2) is 0 Å². The van der Waals surface area contributed by atoms with E-state index < -0.39 is 0 Å². The zero-order valence-corrected chi connectivity index (χ0v) is 13.3. The van der Waals surface area contributed by atoms with Crippen LogP contribution in [0.4, 0.5) is 0 Å². The number of thiophene rings is 1. The second kappa shape index (κ2) is 7.20. The molecule has 1 aromatic carbocycles. The molecule has 0 amide bonds. The Hall–Kier alpha value is -0.680. The van der Waals surface area contributed by atoms with E-state index in [2.05, 4.69) is 39.3 Å². The van der Waals surface area contributed by atoms with Gasteiger partial charge in [-0.3, -0.25) is 0 Å². The maximum absolute atomic E-state index is 10.1. The predicted molar refractivity (Wildman–Crippen MR) is 84.4 cm³/mol. The highest BCUT2D eigenvalue weighted by molar-refractivity contribution is 9.11. The molecule has 1 heterocycles. The quantitative estimate of drug-likeness (QED) is 0.857. The second-order valence-electron chi connectivity index (χ2n) is 4.71.